The van der Waals surface area contributed by atoms with E-state index in [1.54, 1.807) is 0 Å². The van der Waals surface area contributed by atoms with E-state index in [1.807, 2.05) is 0 Å². The first-order valence-electron chi connectivity index (χ1n) is 6.10. The van der Waals surface area contributed by atoms with Crippen LogP contribution in [0.4, 0.5) is 0 Å². The topological polar surface area (TPSA) is 46.5 Å². The van der Waals surface area contributed by atoms with Crippen LogP contribution in [0.2, 0.25) is 0 Å². The van der Waals surface area contributed by atoms with Gasteiger partial charge in [-0.25, -0.2) is 0 Å². The monoisotopic (exact) mass is 244 g/mol. The van der Waals surface area contributed by atoms with E-state index in [0.29, 0.717) is 17.6 Å². The predicted molar refractivity (Wildman–Crippen MR) is 66.7 cm³/mol. The van der Waals surface area contributed by atoms with Gasteiger partial charge in [0.05, 0.1) is 6.10 Å². The lowest BCUT2D eigenvalue weighted by Gasteiger charge is -2.23. The Labute approximate surface area is 102 Å². The first kappa shape index (κ1) is 13.4. The highest BCUT2D eigenvalue weighted by atomic mass is 32.1. The van der Waals surface area contributed by atoms with E-state index < -0.39 is 5.97 Å². The fourth-order valence-corrected chi connectivity index (χ4v) is 2.25. The van der Waals surface area contributed by atoms with Crippen LogP contribution in [-0.2, 0) is 9.53 Å². The van der Waals surface area contributed by atoms with Crippen molar-refractivity contribution in [1.29, 1.82) is 0 Å². The van der Waals surface area contributed by atoms with Crippen LogP contribution in [0.25, 0.3) is 0 Å². The van der Waals surface area contributed by atoms with Crippen LogP contribution >= 0.6 is 12.2 Å². The van der Waals surface area contributed by atoms with Gasteiger partial charge in [0, 0.05) is 12.8 Å². The van der Waals surface area contributed by atoms with Crippen molar-refractivity contribution in [1.82, 2.24) is 0 Å². The predicted octanol–water partition coefficient (Wildman–Crippen LogP) is 3.31. The van der Waals surface area contributed by atoms with Gasteiger partial charge in [0.1, 0.15) is 0 Å². The number of rotatable bonds is 6. The van der Waals surface area contributed by atoms with E-state index in [0.717, 1.165) is 25.7 Å². The molecule has 0 atom stereocenters. The Hall–Kier alpha value is -0.640. The third kappa shape index (κ3) is 6.05. The zero-order valence-corrected chi connectivity index (χ0v) is 10.4. The van der Waals surface area contributed by atoms with E-state index in [9.17, 15) is 4.79 Å². The summed E-state index contributed by atoms with van der Waals surface area (Å²) in [6.45, 7) is 0. The summed E-state index contributed by atoms with van der Waals surface area (Å²) in [6, 6.07) is 0. The third-order valence-electron chi connectivity index (χ3n) is 2.87. The summed E-state index contributed by atoms with van der Waals surface area (Å²) in [7, 11) is 0. The summed E-state index contributed by atoms with van der Waals surface area (Å²) < 4.78 is 5.68. The van der Waals surface area contributed by atoms with E-state index in [-0.39, 0.29) is 6.42 Å². The summed E-state index contributed by atoms with van der Waals surface area (Å²) in [5.41, 5.74) is 0. The molecule has 3 nitrogen and oxygen atoms in total. The van der Waals surface area contributed by atoms with Crippen molar-refractivity contribution in [2.24, 2.45) is 0 Å². The molecule has 0 amide bonds. The van der Waals surface area contributed by atoms with Crippen LogP contribution in [0.1, 0.15) is 57.8 Å². The van der Waals surface area contributed by atoms with Crippen LogP contribution in [0.5, 0.6) is 0 Å². The lowest BCUT2D eigenvalue weighted by atomic mass is 9.98. The van der Waals surface area contributed by atoms with Gasteiger partial charge in [-0.15, -0.1) is 0 Å². The molecule has 4 heteroatoms. The molecule has 0 aromatic rings. The molecule has 1 N–H and O–H groups in total. The Kier molecular flexibility index (Phi) is 6.38. The maximum Gasteiger partial charge on any atom is 0.303 e. The summed E-state index contributed by atoms with van der Waals surface area (Å²) in [4.78, 5) is 10.3. The Morgan fingerprint density at radius 1 is 1.19 bits per heavy atom. The van der Waals surface area contributed by atoms with Gasteiger partial charge in [0.15, 0.2) is 5.05 Å². The van der Waals surface area contributed by atoms with Gasteiger partial charge in [-0.3, -0.25) is 4.79 Å². The first-order valence-corrected chi connectivity index (χ1v) is 6.50. The Morgan fingerprint density at radius 2 is 1.81 bits per heavy atom. The zero-order valence-electron chi connectivity index (χ0n) is 9.61. The molecule has 1 fully saturated rings. The molecule has 0 aromatic heterocycles. The van der Waals surface area contributed by atoms with Crippen molar-refractivity contribution in [2.75, 3.05) is 0 Å². The minimum absolute atomic E-state index is 0.228. The fourth-order valence-electron chi connectivity index (χ4n) is 1.97. The third-order valence-corrected chi connectivity index (χ3v) is 3.17. The molecule has 1 aliphatic rings. The number of thiocarbonyl (C=S) groups is 1. The molecule has 0 bridgehead atoms. The standard InChI is InChI=1S/C12H20O3S/c13-11(14)8-4-5-9-12(16)15-10-6-2-1-3-7-10/h10H,1-9H2,(H,13,14). The molecule has 16 heavy (non-hydrogen) atoms. The van der Waals surface area contributed by atoms with Gasteiger partial charge < -0.3 is 9.84 Å². The van der Waals surface area contributed by atoms with Crippen LogP contribution in [-0.4, -0.2) is 22.2 Å². The van der Waals surface area contributed by atoms with E-state index in [4.69, 9.17) is 22.1 Å². The normalized spacial score (nSPS) is 17.0. The van der Waals surface area contributed by atoms with Gasteiger partial charge in [0.25, 0.3) is 0 Å². The van der Waals surface area contributed by atoms with Gasteiger partial charge in [-0.05, 0) is 50.7 Å². The molecule has 92 valence electrons. The summed E-state index contributed by atoms with van der Waals surface area (Å²) in [5, 5.41) is 9.14. The molecule has 0 heterocycles. The molecule has 0 radical (unpaired) electrons. The number of ether oxygens (including phenoxy) is 1. The number of carbonyl (C=O) groups is 1. The van der Waals surface area contributed by atoms with E-state index in [1.165, 1.54) is 19.3 Å². The van der Waals surface area contributed by atoms with Crippen LogP contribution in [0.3, 0.4) is 0 Å². The number of hydrogen-bond donors (Lipinski definition) is 1. The largest absolute Gasteiger partial charge is 0.484 e. The number of unbranched alkanes of at least 4 members (excludes halogenated alkanes) is 1. The van der Waals surface area contributed by atoms with Gasteiger partial charge in [0.2, 0.25) is 0 Å². The van der Waals surface area contributed by atoms with Crippen molar-refractivity contribution in [3.8, 4) is 0 Å². The average Bonchev–Trinajstić information content (AvgIpc) is 2.25. The highest BCUT2D eigenvalue weighted by molar-refractivity contribution is 7.80. The quantitative estimate of drug-likeness (QED) is 0.575. The average molecular weight is 244 g/mol. The van der Waals surface area contributed by atoms with Gasteiger partial charge in [-0.2, -0.15) is 0 Å². The van der Waals surface area contributed by atoms with Crippen molar-refractivity contribution >= 4 is 23.2 Å². The fraction of sp³-hybridized carbons (Fsp3) is 0.833. The van der Waals surface area contributed by atoms with Crippen molar-refractivity contribution in [2.45, 2.75) is 63.9 Å². The summed E-state index contributed by atoms with van der Waals surface area (Å²) >= 11 is 5.14. The highest BCUT2D eigenvalue weighted by Crippen LogP contribution is 2.21. The maximum absolute atomic E-state index is 10.3. The first-order chi connectivity index (χ1) is 7.68. The SMILES string of the molecule is O=C(O)CCCCC(=S)OC1CCCCC1. The second-order valence-corrected chi connectivity index (χ2v) is 4.81. The minimum Gasteiger partial charge on any atom is -0.484 e. The molecule has 1 aliphatic carbocycles. The molecule has 0 saturated heterocycles. The molecule has 0 unspecified atom stereocenters. The van der Waals surface area contributed by atoms with Crippen LogP contribution < -0.4 is 0 Å². The second-order valence-electron chi connectivity index (χ2n) is 4.35. The molecule has 1 rings (SSSR count). The lowest BCUT2D eigenvalue weighted by Crippen LogP contribution is -2.19. The van der Waals surface area contributed by atoms with Crippen molar-refractivity contribution < 1.29 is 14.6 Å². The molecule has 1 saturated carbocycles. The minimum atomic E-state index is -0.737. The molecule has 0 aliphatic heterocycles. The maximum atomic E-state index is 10.3. The number of hydrogen-bond acceptors (Lipinski definition) is 3. The van der Waals surface area contributed by atoms with Gasteiger partial charge >= 0.3 is 5.97 Å². The lowest BCUT2D eigenvalue weighted by molar-refractivity contribution is -0.137. The smallest absolute Gasteiger partial charge is 0.303 e. The molecule has 0 aromatic carbocycles. The number of carboxylic acid groups (broad SMARTS) is 1. The zero-order chi connectivity index (χ0) is 11.8. The molecular weight excluding hydrogens is 224 g/mol. The van der Waals surface area contributed by atoms with Crippen molar-refractivity contribution in [3.05, 3.63) is 0 Å². The highest BCUT2D eigenvalue weighted by Gasteiger charge is 2.15. The summed E-state index contributed by atoms with van der Waals surface area (Å²) in [6.07, 6.45) is 8.81. The summed E-state index contributed by atoms with van der Waals surface area (Å²) in [5.74, 6) is -0.737. The van der Waals surface area contributed by atoms with Crippen LogP contribution in [0.15, 0.2) is 0 Å². The Balaban J connectivity index is 2.03. The molecule has 0 spiro atoms. The second kappa shape index (κ2) is 7.60. The van der Waals surface area contributed by atoms with Crippen molar-refractivity contribution in [3.63, 3.8) is 0 Å². The van der Waals surface area contributed by atoms with E-state index in [2.05, 4.69) is 0 Å². The number of carboxylic acids is 1. The van der Waals surface area contributed by atoms with E-state index >= 15 is 0 Å². The molecular formula is C12H20O3S. The van der Waals surface area contributed by atoms with Crippen LogP contribution in [0, 0.1) is 0 Å². The van der Waals surface area contributed by atoms with Gasteiger partial charge in [-0.1, -0.05) is 6.42 Å². The Bertz CT molecular complexity index is 234. The number of aliphatic carboxylic acids is 1. The Morgan fingerprint density at radius 3 is 2.44 bits per heavy atom.